The van der Waals surface area contributed by atoms with Gasteiger partial charge in [-0.25, -0.2) is 9.97 Å². The minimum absolute atomic E-state index is 0.160. The molecule has 86 valence electrons. The van der Waals surface area contributed by atoms with Crippen LogP contribution in [-0.4, -0.2) is 27.1 Å². The van der Waals surface area contributed by atoms with Crippen LogP contribution in [0, 0.1) is 0 Å². The third-order valence-corrected chi connectivity index (χ3v) is 2.50. The van der Waals surface area contributed by atoms with Crippen LogP contribution >= 0.6 is 23.2 Å². The Kier molecular flexibility index (Phi) is 3.64. The van der Waals surface area contributed by atoms with E-state index in [1.807, 2.05) is 0 Å². The fourth-order valence-electron chi connectivity index (χ4n) is 1.35. The van der Waals surface area contributed by atoms with E-state index in [9.17, 15) is 0 Å². The molecule has 0 atom stereocenters. The van der Waals surface area contributed by atoms with Crippen molar-refractivity contribution in [1.29, 1.82) is 0 Å². The van der Waals surface area contributed by atoms with Crippen LogP contribution in [-0.2, 0) is 0 Å². The number of pyridine rings is 2. The van der Waals surface area contributed by atoms with E-state index >= 15 is 0 Å². The van der Waals surface area contributed by atoms with Crippen LogP contribution in [0.5, 0.6) is 0 Å². The Morgan fingerprint density at radius 3 is 2.29 bits per heavy atom. The van der Waals surface area contributed by atoms with Crippen molar-refractivity contribution in [2.75, 3.05) is 0 Å². The Bertz CT molecular complexity index is 552. The lowest BCUT2D eigenvalue weighted by atomic mass is 9.80. The highest BCUT2D eigenvalue weighted by molar-refractivity contribution is 6.59. The summed E-state index contributed by atoms with van der Waals surface area (Å²) in [5.41, 5.74) is 1.20. The summed E-state index contributed by atoms with van der Waals surface area (Å²) in [7, 11) is -1.60. The van der Waals surface area contributed by atoms with Gasteiger partial charge in [0.05, 0.1) is 11.4 Å². The summed E-state index contributed by atoms with van der Waals surface area (Å²) in [6.07, 6.45) is 0. The van der Waals surface area contributed by atoms with Crippen molar-refractivity contribution in [2.45, 2.75) is 0 Å². The number of aromatic nitrogens is 2. The molecule has 0 aliphatic rings. The number of hydrogen-bond acceptors (Lipinski definition) is 4. The van der Waals surface area contributed by atoms with Crippen LogP contribution in [0.25, 0.3) is 11.4 Å². The summed E-state index contributed by atoms with van der Waals surface area (Å²) in [5, 5.41) is 18.7. The molecule has 2 rings (SSSR count). The Labute approximate surface area is 108 Å². The van der Waals surface area contributed by atoms with Crippen molar-refractivity contribution in [3.05, 3.63) is 40.6 Å². The largest absolute Gasteiger partial charge is 0.488 e. The maximum atomic E-state index is 9.10. The summed E-state index contributed by atoms with van der Waals surface area (Å²) in [6, 6.07) is 7.94. The van der Waals surface area contributed by atoms with Gasteiger partial charge >= 0.3 is 7.12 Å². The van der Waals surface area contributed by atoms with Gasteiger partial charge in [-0.3, -0.25) is 0 Å². The molecular weight excluding hydrogens is 262 g/mol. The molecule has 2 heterocycles. The Morgan fingerprint density at radius 2 is 1.65 bits per heavy atom. The standard InChI is InChI=1S/C10H7BCl2N2O2/c12-9-3-1-2-7(14-9)8-4-6(11(16)17)5-10(13)15-8/h1-5,16-17H. The maximum Gasteiger partial charge on any atom is 0.488 e. The van der Waals surface area contributed by atoms with E-state index in [1.165, 1.54) is 12.1 Å². The van der Waals surface area contributed by atoms with Gasteiger partial charge < -0.3 is 10.0 Å². The molecule has 0 saturated carbocycles. The van der Waals surface area contributed by atoms with Crippen LogP contribution in [0.3, 0.4) is 0 Å². The third kappa shape index (κ3) is 2.95. The molecule has 0 aromatic carbocycles. The van der Waals surface area contributed by atoms with Gasteiger partial charge in [0.2, 0.25) is 0 Å². The highest BCUT2D eigenvalue weighted by Gasteiger charge is 2.14. The van der Waals surface area contributed by atoms with Crippen LogP contribution in [0.15, 0.2) is 30.3 Å². The average Bonchev–Trinajstić information content (AvgIpc) is 2.28. The molecule has 2 N–H and O–H groups in total. The van der Waals surface area contributed by atoms with E-state index in [-0.39, 0.29) is 10.6 Å². The van der Waals surface area contributed by atoms with E-state index < -0.39 is 7.12 Å². The number of hydrogen-bond donors (Lipinski definition) is 2. The van der Waals surface area contributed by atoms with Gasteiger partial charge in [-0.05, 0) is 29.7 Å². The van der Waals surface area contributed by atoms with Crippen molar-refractivity contribution in [1.82, 2.24) is 9.97 Å². The van der Waals surface area contributed by atoms with Gasteiger partial charge in [0.15, 0.2) is 0 Å². The molecule has 0 unspecified atom stereocenters. The zero-order valence-corrected chi connectivity index (χ0v) is 10.0. The predicted molar refractivity (Wildman–Crippen MR) is 67.3 cm³/mol. The van der Waals surface area contributed by atoms with Crippen LogP contribution in [0.1, 0.15) is 0 Å². The fraction of sp³-hybridized carbons (Fsp3) is 0. The van der Waals surface area contributed by atoms with Crippen molar-refractivity contribution in [2.24, 2.45) is 0 Å². The van der Waals surface area contributed by atoms with E-state index in [4.69, 9.17) is 33.2 Å². The second-order valence-electron chi connectivity index (χ2n) is 3.33. The van der Waals surface area contributed by atoms with Gasteiger partial charge in [0, 0.05) is 0 Å². The second kappa shape index (κ2) is 5.02. The van der Waals surface area contributed by atoms with Crippen molar-refractivity contribution < 1.29 is 10.0 Å². The molecule has 0 bridgehead atoms. The first kappa shape index (κ1) is 12.3. The van der Waals surface area contributed by atoms with Gasteiger partial charge in [0.1, 0.15) is 10.3 Å². The second-order valence-corrected chi connectivity index (χ2v) is 4.10. The molecule has 7 heteroatoms. The number of halogens is 2. The Balaban J connectivity index is 2.52. The lowest BCUT2D eigenvalue weighted by Gasteiger charge is -2.05. The zero-order valence-electron chi connectivity index (χ0n) is 8.51. The van der Waals surface area contributed by atoms with Crippen LogP contribution in [0.4, 0.5) is 0 Å². The summed E-state index contributed by atoms with van der Waals surface area (Å²) in [5.74, 6) is 0. The molecule has 2 aromatic heterocycles. The van der Waals surface area contributed by atoms with Gasteiger partial charge in [-0.15, -0.1) is 0 Å². The van der Waals surface area contributed by atoms with Crippen molar-refractivity contribution in [3.63, 3.8) is 0 Å². The van der Waals surface area contributed by atoms with Crippen LogP contribution < -0.4 is 5.46 Å². The maximum absolute atomic E-state index is 9.10. The summed E-state index contributed by atoms with van der Waals surface area (Å²) in [6.45, 7) is 0. The minimum atomic E-state index is -1.60. The van der Waals surface area contributed by atoms with E-state index in [2.05, 4.69) is 9.97 Å². The summed E-state index contributed by atoms with van der Waals surface area (Å²) < 4.78 is 0. The van der Waals surface area contributed by atoms with E-state index in [1.54, 1.807) is 18.2 Å². The van der Waals surface area contributed by atoms with Crippen LogP contribution in [0.2, 0.25) is 10.3 Å². The van der Waals surface area contributed by atoms with Crippen molar-refractivity contribution >= 4 is 35.8 Å². The highest BCUT2D eigenvalue weighted by Crippen LogP contribution is 2.17. The normalized spacial score (nSPS) is 10.4. The predicted octanol–water partition coefficient (Wildman–Crippen LogP) is 1.13. The number of rotatable bonds is 2. The molecule has 0 saturated heterocycles. The average molecular weight is 269 g/mol. The van der Waals surface area contributed by atoms with Gasteiger partial charge in [-0.1, -0.05) is 29.3 Å². The molecular formula is C10H7BCl2N2O2. The first-order valence-electron chi connectivity index (χ1n) is 4.73. The van der Waals surface area contributed by atoms with E-state index in [0.29, 0.717) is 16.5 Å². The molecule has 2 aromatic rings. The Hall–Kier alpha value is -1.14. The number of nitrogens with zero attached hydrogens (tertiary/aromatic N) is 2. The van der Waals surface area contributed by atoms with E-state index in [0.717, 1.165) is 0 Å². The van der Waals surface area contributed by atoms with Gasteiger partial charge in [0.25, 0.3) is 0 Å². The first-order chi connectivity index (χ1) is 8.06. The topological polar surface area (TPSA) is 66.2 Å². The fourth-order valence-corrected chi connectivity index (χ4v) is 1.73. The third-order valence-electron chi connectivity index (χ3n) is 2.09. The highest BCUT2D eigenvalue weighted by atomic mass is 35.5. The molecule has 0 amide bonds. The molecule has 0 aliphatic carbocycles. The monoisotopic (exact) mass is 268 g/mol. The molecule has 0 aliphatic heterocycles. The molecule has 0 radical (unpaired) electrons. The first-order valence-corrected chi connectivity index (χ1v) is 5.48. The molecule has 4 nitrogen and oxygen atoms in total. The lowest BCUT2D eigenvalue weighted by molar-refractivity contribution is 0.425. The van der Waals surface area contributed by atoms with Gasteiger partial charge in [-0.2, -0.15) is 0 Å². The zero-order chi connectivity index (χ0) is 12.4. The molecule has 0 spiro atoms. The smallest absolute Gasteiger partial charge is 0.423 e. The Morgan fingerprint density at radius 1 is 0.941 bits per heavy atom. The molecule has 17 heavy (non-hydrogen) atoms. The summed E-state index contributed by atoms with van der Waals surface area (Å²) >= 11 is 11.6. The minimum Gasteiger partial charge on any atom is -0.423 e. The van der Waals surface area contributed by atoms with Crippen molar-refractivity contribution in [3.8, 4) is 11.4 Å². The summed E-state index contributed by atoms with van der Waals surface area (Å²) in [4.78, 5) is 8.12. The lowest BCUT2D eigenvalue weighted by Crippen LogP contribution is -2.30. The molecule has 0 fully saturated rings. The SMILES string of the molecule is OB(O)c1cc(Cl)nc(-c2cccc(Cl)n2)c1. The quantitative estimate of drug-likeness (QED) is 0.633.